The molecular weight excluding hydrogens is 606 g/mol. The van der Waals surface area contributed by atoms with E-state index in [2.05, 4.69) is 31.7 Å². The van der Waals surface area contributed by atoms with Crippen molar-refractivity contribution in [3.63, 3.8) is 0 Å². The minimum absolute atomic E-state index is 0.0607. The Hall–Kier alpha value is -4.25. The molecule has 0 spiro atoms. The Kier molecular flexibility index (Phi) is 9.95. The largest absolute Gasteiger partial charge is 0.489 e. The van der Waals surface area contributed by atoms with E-state index in [9.17, 15) is 24.3 Å². The number of nitrogens with zero attached hydrogens (tertiary/aromatic N) is 1. The third-order valence-corrected chi connectivity index (χ3v) is 7.51. The summed E-state index contributed by atoms with van der Waals surface area (Å²) in [6.45, 7) is 3.54. The molecule has 0 bridgehead atoms. The SMILES string of the molecule is CC(C)[C@H](NC(=O)c1ccc2ccccc2c1)C1=NOC(COc2ccccc2)(C(=O)N[C@@H](CC(=O)O)C(=O)CBr)C1. The number of amides is 2. The summed E-state index contributed by atoms with van der Waals surface area (Å²) < 4.78 is 5.89. The van der Waals surface area contributed by atoms with Crippen molar-refractivity contribution in [1.82, 2.24) is 10.6 Å². The molecule has 0 aromatic heterocycles. The predicted molar refractivity (Wildman–Crippen MR) is 161 cm³/mol. The van der Waals surface area contributed by atoms with Crippen LogP contribution in [0.1, 0.15) is 37.0 Å². The highest BCUT2D eigenvalue weighted by molar-refractivity contribution is 9.09. The van der Waals surface area contributed by atoms with Gasteiger partial charge in [-0.2, -0.15) is 0 Å². The summed E-state index contributed by atoms with van der Waals surface area (Å²) in [6.07, 6.45) is -0.662. The van der Waals surface area contributed by atoms with Gasteiger partial charge in [0.2, 0.25) is 0 Å². The maximum Gasteiger partial charge on any atom is 0.305 e. The molecule has 1 heterocycles. The summed E-state index contributed by atoms with van der Waals surface area (Å²) in [7, 11) is 0. The van der Waals surface area contributed by atoms with E-state index < -0.39 is 41.8 Å². The van der Waals surface area contributed by atoms with Crippen molar-refractivity contribution in [3.8, 4) is 5.75 Å². The molecule has 3 aromatic rings. The fourth-order valence-corrected chi connectivity index (χ4v) is 5.03. The number of para-hydroxylation sites is 1. The third-order valence-electron chi connectivity index (χ3n) is 6.96. The van der Waals surface area contributed by atoms with Crippen LogP contribution >= 0.6 is 15.9 Å². The number of carbonyl (C=O) groups is 4. The lowest BCUT2D eigenvalue weighted by atomic mass is 9.89. The number of carbonyl (C=O) groups excluding carboxylic acids is 3. The molecule has 1 aliphatic rings. The molecule has 42 heavy (non-hydrogen) atoms. The molecule has 4 rings (SSSR count). The summed E-state index contributed by atoms with van der Waals surface area (Å²) in [4.78, 5) is 56.5. The van der Waals surface area contributed by atoms with Crippen LogP contribution < -0.4 is 15.4 Å². The summed E-state index contributed by atoms with van der Waals surface area (Å²) in [5.41, 5.74) is -0.831. The van der Waals surface area contributed by atoms with Crippen LogP contribution in [0.2, 0.25) is 0 Å². The molecule has 0 aliphatic carbocycles. The molecule has 3 atom stereocenters. The third kappa shape index (κ3) is 7.33. The zero-order valence-electron chi connectivity index (χ0n) is 23.2. The van der Waals surface area contributed by atoms with Crippen LogP contribution in [-0.4, -0.2) is 64.0 Å². The Labute approximate surface area is 251 Å². The standard InChI is InChI=1S/C31H32BrN3O7/c1-19(2)28(34-29(39)22-13-12-20-8-6-7-9-21(20)14-22)25-16-31(42-35-25,18-41-23-10-4-3-5-11-23)30(40)33-24(15-27(37)38)26(36)17-32/h3-14,19,24,28H,15-18H2,1-2H3,(H,33,40)(H,34,39)(H,37,38)/t24-,28-,31?/m0/s1. The molecule has 10 nitrogen and oxygen atoms in total. The normalized spacial score (nSPS) is 17.6. The molecule has 0 saturated carbocycles. The highest BCUT2D eigenvalue weighted by atomic mass is 79.9. The first-order valence-corrected chi connectivity index (χ1v) is 14.6. The number of hydrogen-bond acceptors (Lipinski definition) is 7. The van der Waals surface area contributed by atoms with E-state index in [0.717, 1.165) is 10.8 Å². The minimum Gasteiger partial charge on any atom is -0.489 e. The van der Waals surface area contributed by atoms with Gasteiger partial charge in [-0.25, -0.2) is 0 Å². The van der Waals surface area contributed by atoms with Crippen LogP contribution in [0.25, 0.3) is 10.8 Å². The number of ether oxygens (including phenoxy) is 1. The summed E-state index contributed by atoms with van der Waals surface area (Å²) in [5.74, 6) is -2.46. The van der Waals surface area contributed by atoms with Gasteiger partial charge in [0.1, 0.15) is 12.4 Å². The van der Waals surface area contributed by atoms with Gasteiger partial charge in [-0.05, 0) is 41.0 Å². The van der Waals surface area contributed by atoms with Crippen molar-refractivity contribution in [2.75, 3.05) is 11.9 Å². The Bertz CT molecular complexity index is 1490. The number of fused-ring (bicyclic) bond motifs is 1. The monoisotopic (exact) mass is 637 g/mol. The molecule has 3 N–H and O–H groups in total. The number of aliphatic carboxylic acids is 1. The van der Waals surface area contributed by atoms with Crippen LogP contribution in [0, 0.1) is 5.92 Å². The van der Waals surface area contributed by atoms with Gasteiger partial charge in [0.05, 0.1) is 29.5 Å². The van der Waals surface area contributed by atoms with Crippen LogP contribution in [-0.2, 0) is 19.2 Å². The van der Waals surface area contributed by atoms with Gasteiger partial charge in [0.15, 0.2) is 5.78 Å². The lowest BCUT2D eigenvalue weighted by molar-refractivity contribution is -0.150. The number of carboxylic acids is 1. The highest BCUT2D eigenvalue weighted by Crippen LogP contribution is 2.29. The molecular formula is C31H32BrN3O7. The maximum absolute atomic E-state index is 13.7. The Morgan fingerprint density at radius 3 is 2.36 bits per heavy atom. The van der Waals surface area contributed by atoms with Crippen molar-refractivity contribution in [1.29, 1.82) is 0 Å². The molecule has 3 aromatic carbocycles. The number of Topliss-reactive ketones (excluding diaryl/α,β-unsaturated/α-hetero) is 1. The van der Waals surface area contributed by atoms with Crippen LogP contribution in [0.15, 0.2) is 78.0 Å². The topological polar surface area (TPSA) is 143 Å². The highest BCUT2D eigenvalue weighted by Gasteiger charge is 2.50. The number of benzene rings is 3. The Balaban J connectivity index is 1.56. The van der Waals surface area contributed by atoms with Crippen LogP contribution in [0.4, 0.5) is 0 Å². The van der Waals surface area contributed by atoms with Gasteiger partial charge >= 0.3 is 5.97 Å². The summed E-state index contributed by atoms with van der Waals surface area (Å²) in [5, 5.41) is 20.9. The van der Waals surface area contributed by atoms with E-state index in [1.165, 1.54) is 0 Å². The number of nitrogens with one attached hydrogen (secondary N) is 2. The van der Waals surface area contributed by atoms with Gasteiger partial charge in [-0.3, -0.25) is 19.2 Å². The average Bonchev–Trinajstić information content (AvgIpc) is 3.43. The molecule has 0 radical (unpaired) electrons. The number of hydrogen-bond donors (Lipinski definition) is 3. The van der Waals surface area contributed by atoms with Crippen LogP contribution in [0.3, 0.4) is 0 Å². The first-order chi connectivity index (χ1) is 20.1. The van der Waals surface area contributed by atoms with E-state index in [1.807, 2.05) is 56.3 Å². The Morgan fingerprint density at radius 1 is 1.00 bits per heavy atom. The smallest absolute Gasteiger partial charge is 0.305 e. The summed E-state index contributed by atoms with van der Waals surface area (Å²) in [6, 6.07) is 20.1. The van der Waals surface area contributed by atoms with E-state index in [1.54, 1.807) is 30.3 Å². The van der Waals surface area contributed by atoms with Crippen molar-refractivity contribution in [2.24, 2.45) is 11.1 Å². The second-order valence-electron chi connectivity index (χ2n) is 10.4. The van der Waals surface area contributed by atoms with Crippen molar-refractivity contribution < 1.29 is 33.9 Å². The summed E-state index contributed by atoms with van der Waals surface area (Å²) >= 11 is 3.04. The maximum atomic E-state index is 13.7. The second kappa shape index (κ2) is 13.6. The van der Waals surface area contributed by atoms with Gasteiger partial charge in [0, 0.05) is 12.0 Å². The molecule has 2 amide bonds. The lowest BCUT2D eigenvalue weighted by Crippen LogP contribution is -2.56. The number of rotatable bonds is 13. The average molecular weight is 639 g/mol. The zero-order valence-corrected chi connectivity index (χ0v) is 24.8. The fraction of sp³-hybridized carbons (Fsp3) is 0.323. The Morgan fingerprint density at radius 2 is 1.69 bits per heavy atom. The molecule has 0 saturated heterocycles. The van der Waals surface area contributed by atoms with Crippen molar-refractivity contribution in [3.05, 3.63) is 78.4 Å². The van der Waals surface area contributed by atoms with Crippen molar-refractivity contribution >= 4 is 56.0 Å². The lowest BCUT2D eigenvalue weighted by Gasteiger charge is -2.28. The predicted octanol–water partition coefficient (Wildman–Crippen LogP) is 4.11. The molecule has 220 valence electrons. The number of ketones is 1. The molecule has 1 unspecified atom stereocenters. The molecule has 11 heteroatoms. The first kappa shape index (κ1) is 30.7. The van der Waals surface area contributed by atoms with Gasteiger partial charge in [-0.15, -0.1) is 0 Å². The minimum atomic E-state index is -1.71. The molecule has 1 aliphatic heterocycles. The number of alkyl halides is 1. The first-order valence-electron chi connectivity index (χ1n) is 13.5. The number of oxime groups is 1. The zero-order chi connectivity index (χ0) is 30.3. The fourth-order valence-electron chi connectivity index (χ4n) is 4.64. The quantitative estimate of drug-likeness (QED) is 0.239. The van der Waals surface area contributed by atoms with E-state index in [-0.39, 0.29) is 30.2 Å². The van der Waals surface area contributed by atoms with Crippen LogP contribution in [0.5, 0.6) is 5.75 Å². The van der Waals surface area contributed by atoms with E-state index >= 15 is 0 Å². The van der Waals surface area contributed by atoms with E-state index in [4.69, 9.17) is 9.57 Å². The molecule has 0 fully saturated rings. The van der Waals surface area contributed by atoms with Gasteiger partial charge in [0.25, 0.3) is 17.4 Å². The van der Waals surface area contributed by atoms with Gasteiger partial charge in [-0.1, -0.05) is 83.5 Å². The number of carboxylic acid groups (broad SMARTS) is 1. The van der Waals surface area contributed by atoms with Crippen molar-refractivity contribution in [2.45, 2.75) is 44.4 Å². The number of halogens is 1. The second-order valence-corrected chi connectivity index (χ2v) is 11.0. The van der Waals surface area contributed by atoms with E-state index in [0.29, 0.717) is 17.0 Å². The van der Waals surface area contributed by atoms with Gasteiger partial charge < -0.3 is 25.3 Å².